The van der Waals surface area contributed by atoms with Crippen LogP contribution in [0.5, 0.6) is 0 Å². The number of pyridine rings is 1. The van der Waals surface area contributed by atoms with Crippen LogP contribution in [0.3, 0.4) is 0 Å². The fraction of sp³-hybridized carbons (Fsp3) is 0.0714. The molecule has 0 fully saturated rings. The number of carboxylic acids is 1. The first-order chi connectivity index (χ1) is 9.47. The smallest absolute Gasteiger partial charge is 0.337 e. The Morgan fingerprint density at radius 1 is 1.20 bits per heavy atom. The highest BCUT2D eigenvalue weighted by molar-refractivity contribution is 9.10. The van der Waals surface area contributed by atoms with Crippen LogP contribution in [0.15, 0.2) is 41.0 Å². The maximum atomic E-state index is 12.0. The molecule has 20 heavy (non-hydrogen) atoms. The molecule has 1 heterocycles. The van der Waals surface area contributed by atoms with E-state index < -0.39 is 5.97 Å². The van der Waals surface area contributed by atoms with Crippen LogP contribution in [-0.4, -0.2) is 22.0 Å². The molecule has 0 bridgehead atoms. The van der Waals surface area contributed by atoms with Gasteiger partial charge in [-0.1, -0.05) is 22.0 Å². The van der Waals surface area contributed by atoms with Crippen molar-refractivity contribution in [1.82, 2.24) is 4.98 Å². The van der Waals surface area contributed by atoms with Crippen molar-refractivity contribution in [2.75, 3.05) is 5.32 Å². The highest BCUT2D eigenvalue weighted by Gasteiger charge is 2.09. The van der Waals surface area contributed by atoms with E-state index in [0.29, 0.717) is 11.4 Å². The third-order valence-corrected chi connectivity index (χ3v) is 3.54. The van der Waals surface area contributed by atoms with Gasteiger partial charge in [-0.05, 0) is 36.8 Å². The Bertz CT molecular complexity index is 669. The van der Waals surface area contributed by atoms with Crippen molar-refractivity contribution in [2.45, 2.75) is 6.92 Å². The predicted octanol–water partition coefficient (Wildman–Crippen LogP) is 3.10. The molecule has 2 aromatic rings. The monoisotopic (exact) mass is 334 g/mol. The van der Waals surface area contributed by atoms with Gasteiger partial charge in [-0.15, -0.1) is 0 Å². The molecule has 0 saturated heterocycles. The minimum atomic E-state index is -1.06. The predicted molar refractivity (Wildman–Crippen MR) is 78.0 cm³/mol. The van der Waals surface area contributed by atoms with Crippen LogP contribution in [0, 0.1) is 6.92 Å². The molecular weight excluding hydrogens is 324 g/mol. The maximum absolute atomic E-state index is 12.0. The average Bonchev–Trinajstić information content (AvgIpc) is 2.42. The number of aromatic carboxylic acids is 1. The number of hydrogen-bond acceptors (Lipinski definition) is 3. The number of carbonyl (C=O) groups is 2. The molecule has 0 saturated carbocycles. The lowest BCUT2D eigenvalue weighted by atomic mass is 10.1. The molecule has 102 valence electrons. The van der Waals surface area contributed by atoms with Gasteiger partial charge in [0.15, 0.2) is 0 Å². The summed E-state index contributed by atoms with van der Waals surface area (Å²) >= 11 is 3.36. The summed E-state index contributed by atoms with van der Waals surface area (Å²) in [4.78, 5) is 26.6. The molecule has 2 rings (SSSR count). The van der Waals surface area contributed by atoms with Crippen molar-refractivity contribution in [3.8, 4) is 0 Å². The molecule has 0 spiro atoms. The van der Waals surface area contributed by atoms with Gasteiger partial charge in [0.25, 0.3) is 5.91 Å². The molecule has 0 radical (unpaired) electrons. The number of nitrogens with one attached hydrogen (secondary N) is 1. The number of benzene rings is 1. The van der Waals surface area contributed by atoms with E-state index in [0.717, 1.165) is 10.0 Å². The van der Waals surface area contributed by atoms with Crippen molar-refractivity contribution < 1.29 is 14.7 Å². The number of carbonyl (C=O) groups excluding carboxylic acids is 1. The fourth-order valence-electron chi connectivity index (χ4n) is 1.52. The van der Waals surface area contributed by atoms with E-state index in [4.69, 9.17) is 5.11 Å². The van der Waals surface area contributed by atoms with Crippen LogP contribution < -0.4 is 5.32 Å². The molecule has 6 heteroatoms. The van der Waals surface area contributed by atoms with Crippen molar-refractivity contribution >= 4 is 33.6 Å². The second-order valence-corrected chi connectivity index (χ2v) is 5.01. The summed E-state index contributed by atoms with van der Waals surface area (Å²) in [6, 6.07) is 8.10. The lowest BCUT2D eigenvalue weighted by Gasteiger charge is -2.06. The first-order valence-corrected chi connectivity index (χ1v) is 6.53. The molecule has 5 nitrogen and oxygen atoms in total. The summed E-state index contributed by atoms with van der Waals surface area (Å²) in [5, 5.41) is 11.4. The Morgan fingerprint density at radius 3 is 2.45 bits per heavy atom. The highest BCUT2D eigenvalue weighted by Crippen LogP contribution is 2.18. The lowest BCUT2D eigenvalue weighted by Crippen LogP contribution is -2.13. The Kier molecular flexibility index (Phi) is 4.14. The molecular formula is C14H11BrN2O3. The second-order valence-electron chi connectivity index (χ2n) is 4.16. The Morgan fingerprint density at radius 2 is 1.90 bits per heavy atom. The molecule has 0 unspecified atom stereocenters. The van der Waals surface area contributed by atoms with Gasteiger partial charge in [-0.25, -0.2) is 9.78 Å². The normalized spacial score (nSPS) is 10.1. The zero-order valence-electron chi connectivity index (χ0n) is 10.6. The van der Waals surface area contributed by atoms with E-state index >= 15 is 0 Å². The zero-order valence-corrected chi connectivity index (χ0v) is 12.1. The SMILES string of the molecule is Cc1ccc(C(=O)Nc2ccc(C(=O)O)cn2)cc1Br. The Hall–Kier alpha value is -2.21. The van der Waals surface area contributed by atoms with Gasteiger partial charge >= 0.3 is 5.97 Å². The summed E-state index contributed by atoms with van der Waals surface area (Å²) in [6.45, 7) is 1.93. The molecule has 0 aliphatic rings. The van der Waals surface area contributed by atoms with E-state index in [2.05, 4.69) is 26.2 Å². The number of aromatic nitrogens is 1. The van der Waals surface area contributed by atoms with Gasteiger partial charge in [-0.2, -0.15) is 0 Å². The topological polar surface area (TPSA) is 79.3 Å². The lowest BCUT2D eigenvalue weighted by molar-refractivity contribution is 0.0696. The summed E-state index contributed by atoms with van der Waals surface area (Å²) < 4.78 is 0.847. The standard InChI is InChI=1S/C14H11BrN2O3/c1-8-2-3-9(6-11(8)15)13(18)17-12-5-4-10(7-16-12)14(19)20/h2-7H,1H3,(H,19,20)(H,16,17,18). The van der Waals surface area contributed by atoms with E-state index in [9.17, 15) is 9.59 Å². The molecule has 1 aromatic heterocycles. The van der Waals surface area contributed by atoms with Crippen LogP contribution in [0.4, 0.5) is 5.82 Å². The summed E-state index contributed by atoms with van der Waals surface area (Å²) in [5.41, 5.74) is 1.60. The third-order valence-electron chi connectivity index (χ3n) is 2.69. The third kappa shape index (κ3) is 3.21. The molecule has 1 amide bonds. The van der Waals surface area contributed by atoms with Crippen molar-refractivity contribution in [1.29, 1.82) is 0 Å². The Balaban J connectivity index is 2.14. The van der Waals surface area contributed by atoms with Crippen molar-refractivity contribution in [3.05, 3.63) is 57.7 Å². The largest absolute Gasteiger partial charge is 0.478 e. The highest BCUT2D eigenvalue weighted by atomic mass is 79.9. The molecule has 0 atom stereocenters. The van der Waals surface area contributed by atoms with Crippen LogP contribution in [-0.2, 0) is 0 Å². The van der Waals surface area contributed by atoms with Crippen LogP contribution in [0.1, 0.15) is 26.3 Å². The average molecular weight is 335 g/mol. The number of rotatable bonds is 3. The van der Waals surface area contributed by atoms with E-state index in [1.807, 2.05) is 13.0 Å². The number of aryl methyl sites for hydroxylation is 1. The molecule has 2 N–H and O–H groups in total. The fourth-order valence-corrected chi connectivity index (χ4v) is 1.90. The summed E-state index contributed by atoms with van der Waals surface area (Å²) in [6.07, 6.45) is 1.20. The first-order valence-electron chi connectivity index (χ1n) is 5.74. The quantitative estimate of drug-likeness (QED) is 0.903. The van der Waals surface area contributed by atoms with Crippen molar-refractivity contribution in [3.63, 3.8) is 0 Å². The zero-order chi connectivity index (χ0) is 14.7. The summed E-state index contributed by atoms with van der Waals surface area (Å²) in [5.74, 6) is -1.06. The number of hydrogen-bond donors (Lipinski definition) is 2. The van der Waals surface area contributed by atoms with Gasteiger partial charge < -0.3 is 10.4 Å². The van der Waals surface area contributed by atoms with Crippen LogP contribution >= 0.6 is 15.9 Å². The minimum absolute atomic E-state index is 0.0704. The van der Waals surface area contributed by atoms with Crippen LogP contribution in [0.25, 0.3) is 0 Å². The number of carboxylic acid groups (broad SMARTS) is 1. The second kappa shape index (κ2) is 5.83. The summed E-state index contributed by atoms with van der Waals surface area (Å²) in [7, 11) is 0. The number of anilines is 1. The molecule has 0 aliphatic carbocycles. The Labute approximate surface area is 123 Å². The number of amides is 1. The van der Waals surface area contributed by atoms with Gasteiger partial charge in [-0.3, -0.25) is 4.79 Å². The molecule has 1 aromatic carbocycles. The molecule has 0 aliphatic heterocycles. The maximum Gasteiger partial charge on any atom is 0.337 e. The van der Waals surface area contributed by atoms with Gasteiger partial charge in [0.1, 0.15) is 5.82 Å². The van der Waals surface area contributed by atoms with Crippen LogP contribution in [0.2, 0.25) is 0 Å². The van der Waals surface area contributed by atoms with Gasteiger partial charge in [0.2, 0.25) is 0 Å². The van der Waals surface area contributed by atoms with Crippen molar-refractivity contribution in [2.24, 2.45) is 0 Å². The van der Waals surface area contributed by atoms with E-state index in [1.54, 1.807) is 12.1 Å². The first kappa shape index (κ1) is 14.2. The van der Waals surface area contributed by atoms with Gasteiger partial charge in [0, 0.05) is 16.2 Å². The van der Waals surface area contributed by atoms with E-state index in [1.165, 1.54) is 18.3 Å². The van der Waals surface area contributed by atoms with Gasteiger partial charge in [0.05, 0.1) is 5.56 Å². The number of nitrogens with zero attached hydrogens (tertiary/aromatic N) is 1. The number of halogens is 1. The minimum Gasteiger partial charge on any atom is -0.478 e. The van der Waals surface area contributed by atoms with E-state index in [-0.39, 0.29) is 11.5 Å².